The van der Waals surface area contributed by atoms with Crippen LogP contribution in [0.2, 0.25) is 0 Å². The Bertz CT molecular complexity index is 1800. The van der Waals surface area contributed by atoms with E-state index in [1.165, 1.54) is 18.2 Å². The van der Waals surface area contributed by atoms with Crippen LogP contribution < -0.4 is 0 Å². The predicted molar refractivity (Wildman–Crippen MR) is 152 cm³/mol. The van der Waals surface area contributed by atoms with Gasteiger partial charge < -0.3 is 0 Å². The molecule has 3 aromatic heterocycles. The van der Waals surface area contributed by atoms with Crippen molar-refractivity contribution in [2.75, 3.05) is 0 Å². The van der Waals surface area contributed by atoms with E-state index in [1.54, 1.807) is 12.4 Å². The lowest BCUT2D eigenvalue weighted by atomic mass is 9.92. The van der Waals surface area contributed by atoms with Crippen LogP contribution in [0, 0.1) is 11.8 Å². The Hall–Kier alpha value is -5.47. The summed E-state index contributed by atoms with van der Waals surface area (Å²) in [7, 11) is 0. The van der Waals surface area contributed by atoms with Crippen molar-refractivity contribution in [3.8, 4) is 34.6 Å². The normalized spacial score (nSPS) is 12.7. The maximum absolute atomic E-state index is 12.3. The van der Waals surface area contributed by atoms with Crippen LogP contribution >= 0.6 is 0 Å². The van der Waals surface area contributed by atoms with Gasteiger partial charge in [0.15, 0.2) is 11.6 Å². The van der Waals surface area contributed by atoms with Gasteiger partial charge in [0.05, 0.1) is 22.8 Å². The van der Waals surface area contributed by atoms with Gasteiger partial charge in [-0.1, -0.05) is 54.3 Å². The maximum Gasteiger partial charge on any atom is 0.182 e. The highest BCUT2D eigenvalue weighted by atomic mass is 16.1. The van der Waals surface area contributed by atoms with Gasteiger partial charge in [0.2, 0.25) is 0 Å². The average Bonchev–Trinajstić information content (AvgIpc) is 2.99. The molecule has 3 heterocycles. The standard InChI is InChI=1S/C34H21N3O2/c38-27-15-16-34(39)26(22-27)21-25-14-13-24(28-7-1-2-8-29(25)28)12-11-23-19-32(30-9-3-5-17-35-30)37-33(20-23)31-10-4-6-18-36-31/h1-10,13-20,22H,21H2. The molecule has 0 saturated heterocycles. The Kier molecular flexibility index (Phi) is 6.43. The Morgan fingerprint density at radius 1 is 0.641 bits per heavy atom. The van der Waals surface area contributed by atoms with Crippen LogP contribution in [0.25, 0.3) is 33.5 Å². The molecule has 1 aliphatic rings. The topological polar surface area (TPSA) is 72.8 Å². The first kappa shape index (κ1) is 23.9. The minimum Gasteiger partial charge on any atom is -0.290 e. The number of pyridine rings is 3. The molecule has 0 bridgehead atoms. The fourth-order valence-electron chi connectivity index (χ4n) is 4.56. The minimum atomic E-state index is -0.163. The van der Waals surface area contributed by atoms with Gasteiger partial charge in [-0.2, -0.15) is 0 Å². The predicted octanol–water partition coefficient (Wildman–Crippen LogP) is 5.94. The molecule has 0 spiro atoms. The number of hydrogen-bond donors (Lipinski definition) is 0. The molecule has 0 unspecified atom stereocenters. The molecule has 6 rings (SSSR count). The number of nitrogens with zero attached hydrogens (tertiary/aromatic N) is 3. The van der Waals surface area contributed by atoms with E-state index in [2.05, 4.69) is 21.8 Å². The van der Waals surface area contributed by atoms with Crippen LogP contribution in [0.3, 0.4) is 0 Å². The third-order valence-electron chi connectivity index (χ3n) is 6.45. The van der Waals surface area contributed by atoms with Gasteiger partial charge in [-0.05, 0) is 77.0 Å². The van der Waals surface area contributed by atoms with Crippen LogP contribution in [0.15, 0.2) is 121 Å². The van der Waals surface area contributed by atoms with Gasteiger partial charge >= 0.3 is 0 Å². The Morgan fingerprint density at radius 2 is 1.31 bits per heavy atom. The smallest absolute Gasteiger partial charge is 0.182 e. The van der Waals surface area contributed by atoms with Gasteiger partial charge in [-0.15, -0.1) is 0 Å². The molecule has 0 atom stereocenters. The molecule has 5 aromatic rings. The third kappa shape index (κ3) is 5.18. The van der Waals surface area contributed by atoms with E-state index in [9.17, 15) is 9.59 Å². The summed E-state index contributed by atoms with van der Waals surface area (Å²) in [5.41, 5.74) is 6.08. The lowest BCUT2D eigenvalue weighted by Crippen LogP contribution is -2.10. The number of ketones is 2. The lowest BCUT2D eigenvalue weighted by molar-refractivity contribution is -0.114. The quantitative estimate of drug-likeness (QED) is 0.224. The fourth-order valence-corrected chi connectivity index (χ4v) is 4.56. The largest absolute Gasteiger partial charge is 0.290 e. The Morgan fingerprint density at radius 3 is 1.97 bits per heavy atom. The summed E-state index contributed by atoms with van der Waals surface area (Å²) in [5.74, 6) is 6.37. The van der Waals surface area contributed by atoms with Gasteiger partial charge in [0, 0.05) is 35.5 Å². The second kappa shape index (κ2) is 10.5. The van der Waals surface area contributed by atoms with Crippen molar-refractivity contribution in [1.82, 2.24) is 15.0 Å². The molecule has 0 aliphatic heterocycles. The molecule has 184 valence electrons. The highest BCUT2D eigenvalue weighted by Gasteiger charge is 2.15. The first-order valence-electron chi connectivity index (χ1n) is 12.5. The van der Waals surface area contributed by atoms with E-state index in [0.717, 1.165) is 50.2 Å². The second-order valence-electron chi connectivity index (χ2n) is 9.07. The van der Waals surface area contributed by atoms with E-state index in [0.29, 0.717) is 12.0 Å². The number of allylic oxidation sites excluding steroid dienone is 4. The summed E-state index contributed by atoms with van der Waals surface area (Å²) in [6.45, 7) is 0. The highest BCUT2D eigenvalue weighted by molar-refractivity contribution is 6.17. The lowest BCUT2D eigenvalue weighted by Gasteiger charge is -2.11. The molecule has 0 amide bonds. The van der Waals surface area contributed by atoms with E-state index in [1.807, 2.05) is 84.9 Å². The molecule has 5 nitrogen and oxygen atoms in total. The van der Waals surface area contributed by atoms with Crippen molar-refractivity contribution in [1.29, 1.82) is 0 Å². The summed E-state index contributed by atoms with van der Waals surface area (Å²) in [6.07, 6.45) is 7.94. The molecule has 0 fully saturated rings. The summed E-state index contributed by atoms with van der Waals surface area (Å²) >= 11 is 0. The molecule has 39 heavy (non-hydrogen) atoms. The number of carbonyl (C=O) groups is 2. The number of carbonyl (C=O) groups excluding carboxylic acids is 2. The van der Waals surface area contributed by atoms with E-state index < -0.39 is 0 Å². The zero-order valence-corrected chi connectivity index (χ0v) is 20.8. The summed E-state index contributed by atoms with van der Waals surface area (Å²) in [4.78, 5) is 37.9. The van der Waals surface area contributed by atoms with Crippen molar-refractivity contribution in [3.05, 3.63) is 138 Å². The number of aromatic nitrogens is 3. The number of rotatable bonds is 4. The molecule has 2 aromatic carbocycles. The van der Waals surface area contributed by atoms with E-state index >= 15 is 0 Å². The van der Waals surface area contributed by atoms with Gasteiger partial charge in [-0.3, -0.25) is 19.6 Å². The Labute approximate surface area is 225 Å². The number of benzene rings is 2. The molecule has 0 radical (unpaired) electrons. The first-order valence-corrected chi connectivity index (χ1v) is 12.5. The molecular weight excluding hydrogens is 482 g/mol. The van der Waals surface area contributed by atoms with Crippen LogP contribution in [-0.4, -0.2) is 26.5 Å². The molecule has 0 N–H and O–H groups in total. The zero-order chi connectivity index (χ0) is 26.6. The molecule has 0 saturated carbocycles. The average molecular weight is 504 g/mol. The van der Waals surface area contributed by atoms with Crippen molar-refractivity contribution in [2.45, 2.75) is 6.42 Å². The molecular formula is C34H21N3O2. The number of hydrogen-bond acceptors (Lipinski definition) is 5. The molecule has 1 aliphatic carbocycles. The van der Waals surface area contributed by atoms with Gasteiger partial charge in [-0.25, -0.2) is 4.98 Å². The fraction of sp³-hybridized carbons (Fsp3) is 0.0294. The maximum atomic E-state index is 12.3. The van der Waals surface area contributed by atoms with Crippen molar-refractivity contribution >= 4 is 22.3 Å². The minimum absolute atomic E-state index is 0.132. The van der Waals surface area contributed by atoms with Crippen molar-refractivity contribution < 1.29 is 9.59 Å². The first-order chi connectivity index (χ1) is 19.1. The van der Waals surface area contributed by atoms with E-state index in [-0.39, 0.29) is 11.6 Å². The van der Waals surface area contributed by atoms with Crippen LogP contribution in [0.1, 0.15) is 16.7 Å². The second-order valence-corrected chi connectivity index (χ2v) is 9.07. The molecule has 5 heteroatoms. The summed E-state index contributed by atoms with van der Waals surface area (Å²) in [6, 6.07) is 27.2. The van der Waals surface area contributed by atoms with Crippen molar-refractivity contribution in [3.63, 3.8) is 0 Å². The van der Waals surface area contributed by atoms with Crippen molar-refractivity contribution in [2.24, 2.45) is 0 Å². The zero-order valence-electron chi connectivity index (χ0n) is 20.8. The van der Waals surface area contributed by atoms with Crippen LogP contribution in [0.5, 0.6) is 0 Å². The van der Waals surface area contributed by atoms with E-state index in [4.69, 9.17) is 4.98 Å². The monoisotopic (exact) mass is 503 g/mol. The van der Waals surface area contributed by atoms with Gasteiger partial charge in [0.1, 0.15) is 0 Å². The summed E-state index contributed by atoms with van der Waals surface area (Å²) < 4.78 is 0. The van der Waals surface area contributed by atoms with Crippen LogP contribution in [0.4, 0.5) is 0 Å². The summed E-state index contributed by atoms with van der Waals surface area (Å²) in [5, 5.41) is 1.98. The van der Waals surface area contributed by atoms with Gasteiger partial charge in [0.25, 0.3) is 0 Å². The SMILES string of the molecule is O=C1C=CC(=O)C(Cc2ccc(C#Cc3cc(-c4ccccn4)nc(-c4ccccn4)c3)c3ccccc23)=C1. The number of fused-ring (bicyclic) bond motifs is 1. The highest BCUT2D eigenvalue weighted by Crippen LogP contribution is 2.26. The van der Waals surface area contributed by atoms with Crippen LogP contribution in [-0.2, 0) is 16.0 Å². The third-order valence-corrected chi connectivity index (χ3v) is 6.45. The Balaban J connectivity index is 1.41.